The van der Waals surface area contributed by atoms with Crippen LogP contribution >= 0.6 is 0 Å². The van der Waals surface area contributed by atoms with Crippen LogP contribution in [-0.2, 0) is 19.1 Å². The van der Waals surface area contributed by atoms with Gasteiger partial charge in [-0.3, -0.25) is 0 Å². The predicted molar refractivity (Wildman–Crippen MR) is 55.6 cm³/mol. The van der Waals surface area contributed by atoms with Crippen molar-refractivity contribution in [2.24, 2.45) is 0 Å². The van der Waals surface area contributed by atoms with Crippen LogP contribution in [0.2, 0.25) is 0 Å². The lowest BCUT2D eigenvalue weighted by Crippen LogP contribution is -2.11. The maximum absolute atomic E-state index is 11.1. The van der Waals surface area contributed by atoms with Gasteiger partial charge in [0.05, 0.1) is 0 Å². The predicted octanol–water partition coefficient (Wildman–Crippen LogP) is 2.09. The van der Waals surface area contributed by atoms with Gasteiger partial charge < -0.3 is 9.47 Å². The molecule has 0 saturated heterocycles. The molecule has 15 heavy (non-hydrogen) atoms. The fraction of sp³-hybridized carbons (Fsp3) is 0.273. The molecule has 0 aliphatic heterocycles. The third kappa shape index (κ3) is 4.81. The van der Waals surface area contributed by atoms with E-state index in [0.717, 1.165) is 0 Å². The molecule has 0 rings (SSSR count). The Balaban J connectivity index is 4.42. The van der Waals surface area contributed by atoms with Crippen LogP contribution in [-0.4, -0.2) is 11.9 Å². The van der Waals surface area contributed by atoms with Crippen molar-refractivity contribution >= 4 is 11.9 Å². The van der Waals surface area contributed by atoms with E-state index in [1.165, 1.54) is 19.9 Å². The highest BCUT2D eigenvalue weighted by Gasteiger charge is 2.12. The average molecular weight is 210 g/mol. The first kappa shape index (κ1) is 13.2. The van der Waals surface area contributed by atoms with E-state index in [0.29, 0.717) is 0 Å². The van der Waals surface area contributed by atoms with Crippen LogP contribution in [0, 0.1) is 0 Å². The zero-order valence-electron chi connectivity index (χ0n) is 9.12. The molecule has 0 N–H and O–H groups in total. The molecule has 0 radical (unpaired) electrons. The van der Waals surface area contributed by atoms with Crippen LogP contribution in [0.5, 0.6) is 0 Å². The van der Waals surface area contributed by atoms with Crippen molar-refractivity contribution in [3.8, 4) is 0 Å². The minimum atomic E-state index is -0.641. The third-order valence-corrected chi connectivity index (χ3v) is 1.32. The number of ether oxygens (including phenoxy) is 2. The minimum Gasteiger partial charge on any atom is -0.389 e. The maximum atomic E-state index is 11.1. The molecule has 82 valence electrons. The lowest BCUT2D eigenvalue weighted by Gasteiger charge is -2.07. The summed E-state index contributed by atoms with van der Waals surface area (Å²) in [5, 5.41) is 0. The van der Waals surface area contributed by atoms with Gasteiger partial charge in [-0.1, -0.05) is 13.2 Å². The van der Waals surface area contributed by atoms with Gasteiger partial charge in [-0.15, -0.1) is 0 Å². The number of esters is 2. The maximum Gasteiger partial charge on any atom is 0.340 e. The second-order valence-electron chi connectivity index (χ2n) is 2.95. The number of carbonyl (C=O) groups excluding carboxylic acids is 2. The first-order valence-corrected chi connectivity index (χ1v) is 4.30. The zero-order chi connectivity index (χ0) is 12.0. The smallest absolute Gasteiger partial charge is 0.340 e. The van der Waals surface area contributed by atoms with E-state index in [4.69, 9.17) is 9.47 Å². The molecule has 4 heteroatoms. The van der Waals surface area contributed by atoms with Crippen molar-refractivity contribution in [2.45, 2.75) is 20.8 Å². The summed E-state index contributed by atoms with van der Waals surface area (Å²) in [6, 6.07) is 0. The number of carbonyl (C=O) groups is 2. The van der Waals surface area contributed by atoms with Gasteiger partial charge in [0.1, 0.15) is 0 Å². The van der Waals surface area contributed by atoms with Gasteiger partial charge in [0.25, 0.3) is 5.95 Å². The number of rotatable bonds is 4. The Morgan fingerprint density at radius 2 is 1.33 bits per heavy atom. The molecule has 0 aromatic rings. The van der Waals surface area contributed by atoms with E-state index < -0.39 is 11.9 Å². The van der Waals surface area contributed by atoms with E-state index >= 15 is 0 Å². The van der Waals surface area contributed by atoms with Crippen LogP contribution in [0.1, 0.15) is 20.8 Å². The van der Waals surface area contributed by atoms with Crippen LogP contribution < -0.4 is 0 Å². The molecule has 0 aromatic carbocycles. The SMILES string of the molecule is C=C(C)C(=O)OC(=CC)OC(=O)C(=C)C. The summed E-state index contributed by atoms with van der Waals surface area (Å²) < 4.78 is 9.44. The standard InChI is InChI=1S/C11H14O4/c1-6-9(14-10(12)7(2)3)15-11(13)8(4)5/h6H,2,4H2,1,3,5H3. The van der Waals surface area contributed by atoms with Crippen LogP contribution in [0.3, 0.4) is 0 Å². The molecule has 0 fully saturated rings. The fourth-order valence-corrected chi connectivity index (χ4v) is 0.496. The van der Waals surface area contributed by atoms with Gasteiger partial charge in [-0.05, 0) is 26.8 Å². The minimum absolute atomic E-state index is 0.170. The van der Waals surface area contributed by atoms with Gasteiger partial charge in [0, 0.05) is 11.1 Å². The molecule has 0 saturated carbocycles. The summed E-state index contributed by atoms with van der Waals surface area (Å²) in [6.45, 7) is 11.4. The Bertz CT molecular complexity index is 306. The number of allylic oxidation sites excluding steroid dienone is 1. The summed E-state index contributed by atoms with van der Waals surface area (Å²) in [4.78, 5) is 22.2. The van der Waals surface area contributed by atoms with Crippen molar-refractivity contribution in [3.63, 3.8) is 0 Å². The molecule has 0 unspecified atom stereocenters. The molecular weight excluding hydrogens is 196 g/mol. The molecule has 0 spiro atoms. The Morgan fingerprint density at radius 3 is 1.53 bits per heavy atom. The van der Waals surface area contributed by atoms with E-state index in [1.54, 1.807) is 6.92 Å². The molecule has 0 atom stereocenters. The quantitative estimate of drug-likeness (QED) is 0.405. The summed E-state index contributed by atoms with van der Waals surface area (Å²) in [6.07, 6.45) is 1.36. The van der Waals surface area contributed by atoms with Gasteiger partial charge in [-0.25, -0.2) is 9.59 Å². The van der Waals surface area contributed by atoms with Crippen LogP contribution in [0.15, 0.2) is 36.3 Å². The highest BCUT2D eigenvalue weighted by Crippen LogP contribution is 2.07. The van der Waals surface area contributed by atoms with E-state index in [-0.39, 0.29) is 17.1 Å². The van der Waals surface area contributed by atoms with E-state index in [1.807, 2.05) is 0 Å². The second kappa shape index (κ2) is 5.80. The van der Waals surface area contributed by atoms with E-state index in [9.17, 15) is 9.59 Å². The van der Waals surface area contributed by atoms with Crippen molar-refractivity contribution < 1.29 is 19.1 Å². The van der Waals surface area contributed by atoms with Gasteiger partial charge >= 0.3 is 11.9 Å². The molecule has 0 aliphatic carbocycles. The Morgan fingerprint density at radius 1 is 1.00 bits per heavy atom. The molecule has 0 aromatic heterocycles. The van der Waals surface area contributed by atoms with Crippen molar-refractivity contribution in [1.82, 2.24) is 0 Å². The molecule has 4 nitrogen and oxygen atoms in total. The Labute approximate surface area is 88.9 Å². The number of hydrogen-bond donors (Lipinski definition) is 0. The third-order valence-electron chi connectivity index (χ3n) is 1.32. The molecular formula is C11H14O4. The van der Waals surface area contributed by atoms with Gasteiger partial charge in [-0.2, -0.15) is 0 Å². The van der Waals surface area contributed by atoms with Crippen molar-refractivity contribution in [1.29, 1.82) is 0 Å². The summed E-state index contributed by atoms with van der Waals surface area (Å²) in [5.74, 6) is -1.45. The largest absolute Gasteiger partial charge is 0.389 e. The first-order chi connectivity index (χ1) is 6.88. The Kier molecular flexibility index (Phi) is 5.09. The highest BCUT2D eigenvalue weighted by atomic mass is 16.7. The fourth-order valence-electron chi connectivity index (χ4n) is 0.496. The van der Waals surface area contributed by atoms with Crippen molar-refractivity contribution in [3.05, 3.63) is 36.3 Å². The van der Waals surface area contributed by atoms with Crippen LogP contribution in [0.4, 0.5) is 0 Å². The van der Waals surface area contributed by atoms with E-state index in [2.05, 4.69) is 13.2 Å². The topological polar surface area (TPSA) is 52.6 Å². The van der Waals surface area contributed by atoms with Gasteiger partial charge in [0.2, 0.25) is 0 Å². The normalized spacial score (nSPS) is 8.73. The molecule has 0 aliphatic rings. The lowest BCUT2D eigenvalue weighted by atomic mass is 10.4. The average Bonchev–Trinajstić information content (AvgIpc) is 2.15. The summed E-state index contributed by atoms with van der Waals surface area (Å²) in [7, 11) is 0. The Hall–Kier alpha value is -1.84. The monoisotopic (exact) mass is 210 g/mol. The lowest BCUT2D eigenvalue weighted by molar-refractivity contribution is -0.148. The molecule has 0 bridgehead atoms. The van der Waals surface area contributed by atoms with Crippen LogP contribution in [0.25, 0.3) is 0 Å². The van der Waals surface area contributed by atoms with Crippen molar-refractivity contribution in [2.75, 3.05) is 0 Å². The highest BCUT2D eigenvalue weighted by molar-refractivity contribution is 5.89. The first-order valence-electron chi connectivity index (χ1n) is 4.30. The summed E-state index contributed by atoms with van der Waals surface area (Å²) in [5.41, 5.74) is 0.446. The van der Waals surface area contributed by atoms with Gasteiger partial charge in [0.15, 0.2) is 0 Å². The zero-order valence-corrected chi connectivity index (χ0v) is 9.12. The number of hydrogen-bond acceptors (Lipinski definition) is 4. The molecule has 0 amide bonds. The molecule has 0 heterocycles. The summed E-state index contributed by atoms with van der Waals surface area (Å²) >= 11 is 0. The second-order valence-corrected chi connectivity index (χ2v) is 2.95.